The van der Waals surface area contributed by atoms with Gasteiger partial charge in [-0.15, -0.1) is 0 Å². The zero-order chi connectivity index (χ0) is 16.6. The number of hydrogen-bond acceptors (Lipinski definition) is 3. The minimum atomic E-state index is -0.205. The SMILES string of the molecule is Cc1ccc(C)c(NC(=O)Cn2c(C)nc3c(c2=O)CCC3)c1. The molecule has 3 rings (SSSR count). The van der Waals surface area contributed by atoms with Gasteiger partial charge < -0.3 is 5.32 Å². The lowest BCUT2D eigenvalue weighted by Crippen LogP contribution is -2.32. The van der Waals surface area contributed by atoms with Crippen LogP contribution in [0.25, 0.3) is 0 Å². The summed E-state index contributed by atoms with van der Waals surface area (Å²) in [5, 5.41) is 2.90. The number of aryl methyl sites for hydroxylation is 4. The molecule has 0 atom stereocenters. The molecule has 0 radical (unpaired) electrons. The third-order valence-electron chi connectivity index (χ3n) is 4.35. The number of anilines is 1. The van der Waals surface area contributed by atoms with Gasteiger partial charge in [0.15, 0.2) is 0 Å². The van der Waals surface area contributed by atoms with Gasteiger partial charge in [-0.25, -0.2) is 4.98 Å². The molecule has 1 aliphatic rings. The zero-order valence-corrected chi connectivity index (χ0v) is 13.8. The Morgan fingerprint density at radius 2 is 2.04 bits per heavy atom. The number of nitrogens with one attached hydrogen (secondary N) is 1. The van der Waals surface area contributed by atoms with Crippen LogP contribution in [0.1, 0.15) is 34.6 Å². The van der Waals surface area contributed by atoms with Gasteiger partial charge in [0.1, 0.15) is 12.4 Å². The molecule has 5 nitrogen and oxygen atoms in total. The van der Waals surface area contributed by atoms with E-state index < -0.39 is 0 Å². The number of hydrogen-bond donors (Lipinski definition) is 1. The highest BCUT2D eigenvalue weighted by molar-refractivity contribution is 5.91. The Balaban J connectivity index is 1.84. The summed E-state index contributed by atoms with van der Waals surface area (Å²) >= 11 is 0. The number of aromatic nitrogens is 2. The van der Waals surface area contributed by atoms with Crippen molar-refractivity contribution in [3.63, 3.8) is 0 Å². The molecular weight excluding hydrogens is 290 g/mol. The van der Waals surface area contributed by atoms with Gasteiger partial charge in [-0.05, 0) is 57.2 Å². The molecule has 23 heavy (non-hydrogen) atoms. The van der Waals surface area contributed by atoms with Gasteiger partial charge in [0, 0.05) is 11.3 Å². The molecule has 1 aliphatic carbocycles. The van der Waals surface area contributed by atoms with Gasteiger partial charge in [0.25, 0.3) is 5.56 Å². The number of benzene rings is 1. The van der Waals surface area contributed by atoms with Gasteiger partial charge >= 0.3 is 0 Å². The van der Waals surface area contributed by atoms with E-state index >= 15 is 0 Å². The van der Waals surface area contributed by atoms with Crippen molar-refractivity contribution in [2.24, 2.45) is 0 Å². The summed E-state index contributed by atoms with van der Waals surface area (Å²) in [6.45, 7) is 5.71. The fraction of sp³-hybridized carbons (Fsp3) is 0.389. The molecule has 5 heteroatoms. The summed E-state index contributed by atoms with van der Waals surface area (Å²) in [4.78, 5) is 29.4. The fourth-order valence-electron chi connectivity index (χ4n) is 3.04. The molecule has 0 aliphatic heterocycles. The van der Waals surface area contributed by atoms with E-state index in [-0.39, 0.29) is 18.0 Å². The normalized spacial score (nSPS) is 13.0. The van der Waals surface area contributed by atoms with Crippen LogP contribution in [0.15, 0.2) is 23.0 Å². The van der Waals surface area contributed by atoms with Gasteiger partial charge in [-0.2, -0.15) is 0 Å². The van der Waals surface area contributed by atoms with Gasteiger partial charge in [-0.3, -0.25) is 14.2 Å². The minimum Gasteiger partial charge on any atom is -0.324 e. The molecule has 1 N–H and O–H groups in total. The molecule has 1 amide bonds. The molecule has 1 heterocycles. The summed E-state index contributed by atoms with van der Waals surface area (Å²) in [5.74, 6) is 0.399. The van der Waals surface area contributed by atoms with Crippen molar-refractivity contribution in [2.45, 2.75) is 46.6 Å². The molecule has 0 saturated heterocycles. The van der Waals surface area contributed by atoms with Crippen molar-refractivity contribution in [2.75, 3.05) is 5.32 Å². The number of carbonyl (C=O) groups is 1. The number of nitrogens with zero attached hydrogens (tertiary/aromatic N) is 2. The Kier molecular flexibility index (Phi) is 4.03. The molecule has 120 valence electrons. The first kappa shape index (κ1) is 15.5. The van der Waals surface area contributed by atoms with E-state index in [9.17, 15) is 9.59 Å². The first-order chi connectivity index (χ1) is 11.0. The first-order valence-electron chi connectivity index (χ1n) is 7.92. The topological polar surface area (TPSA) is 64.0 Å². The summed E-state index contributed by atoms with van der Waals surface area (Å²) in [5.41, 5.74) is 4.48. The van der Waals surface area contributed by atoms with Crippen LogP contribution in [0.2, 0.25) is 0 Å². The predicted molar refractivity (Wildman–Crippen MR) is 89.8 cm³/mol. The summed E-state index contributed by atoms with van der Waals surface area (Å²) in [6.07, 6.45) is 2.59. The average Bonchev–Trinajstić information content (AvgIpc) is 2.95. The second-order valence-electron chi connectivity index (χ2n) is 6.20. The van der Waals surface area contributed by atoms with E-state index in [1.807, 2.05) is 32.0 Å². The number of rotatable bonds is 3. The summed E-state index contributed by atoms with van der Waals surface area (Å²) in [7, 11) is 0. The third kappa shape index (κ3) is 3.04. The molecule has 1 aromatic carbocycles. The standard InChI is InChI=1S/C18H21N3O2/c1-11-7-8-12(2)16(9-11)20-17(22)10-21-13(3)19-15-6-4-5-14(15)18(21)23/h7-9H,4-6,10H2,1-3H3,(H,20,22). The maximum Gasteiger partial charge on any atom is 0.257 e. The van der Waals surface area contributed by atoms with Crippen LogP contribution in [0.4, 0.5) is 5.69 Å². The predicted octanol–water partition coefficient (Wildman–Crippen LogP) is 2.30. The van der Waals surface area contributed by atoms with Crippen molar-refractivity contribution in [3.8, 4) is 0 Å². The monoisotopic (exact) mass is 311 g/mol. The Labute approximate surface area is 135 Å². The van der Waals surface area contributed by atoms with E-state index in [1.165, 1.54) is 4.57 Å². The lowest BCUT2D eigenvalue weighted by atomic mass is 10.1. The second-order valence-corrected chi connectivity index (χ2v) is 6.20. The van der Waals surface area contributed by atoms with Gasteiger partial charge in [0.2, 0.25) is 5.91 Å². The summed E-state index contributed by atoms with van der Waals surface area (Å²) < 4.78 is 1.48. The highest BCUT2D eigenvalue weighted by atomic mass is 16.2. The van der Waals surface area contributed by atoms with Crippen LogP contribution in [0, 0.1) is 20.8 Å². The van der Waals surface area contributed by atoms with Crippen LogP contribution >= 0.6 is 0 Å². The van der Waals surface area contributed by atoms with Crippen LogP contribution in [0.5, 0.6) is 0 Å². The average molecular weight is 311 g/mol. The maximum absolute atomic E-state index is 12.5. The highest BCUT2D eigenvalue weighted by Gasteiger charge is 2.20. The van der Waals surface area contributed by atoms with E-state index in [1.54, 1.807) is 6.92 Å². The van der Waals surface area contributed by atoms with E-state index in [2.05, 4.69) is 10.3 Å². The van der Waals surface area contributed by atoms with E-state index in [4.69, 9.17) is 0 Å². The quantitative estimate of drug-likeness (QED) is 0.946. The number of carbonyl (C=O) groups excluding carboxylic acids is 1. The number of amides is 1. The van der Waals surface area contributed by atoms with Gasteiger partial charge in [0.05, 0.1) is 5.69 Å². The minimum absolute atomic E-state index is 0.00166. The highest BCUT2D eigenvalue weighted by Crippen LogP contribution is 2.18. The van der Waals surface area contributed by atoms with E-state index in [0.717, 1.165) is 47.3 Å². The van der Waals surface area contributed by atoms with Crippen molar-refractivity contribution in [1.29, 1.82) is 0 Å². The van der Waals surface area contributed by atoms with Gasteiger partial charge in [-0.1, -0.05) is 12.1 Å². The molecule has 0 fully saturated rings. The molecular formula is C18H21N3O2. The number of fused-ring (bicyclic) bond motifs is 1. The zero-order valence-electron chi connectivity index (χ0n) is 13.8. The van der Waals surface area contributed by atoms with Crippen LogP contribution in [0.3, 0.4) is 0 Å². The molecule has 0 saturated carbocycles. The summed E-state index contributed by atoms with van der Waals surface area (Å²) in [6, 6.07) is 5.91. The van der Waals surface area contributed by atoms with Crippen LogP contribution < -0.4 is 10.9 Å². The van der Waals surface area contributed by atoms with Crippen molar-refractivity contribution >= 4 is 11.6 Å². The first-order valence-corrected chi connectivity index (χ1v) is 7.92. The molecule has 2 aromatic rings. The Morgan fingerprint density at radius 1 is 1.26 bits per heavy atom. The largest absolute Gasteiger partial charge is 0.324 e. The molecule has 1 aromatic heterocycles. The van der Waals surface area contributed by atoms with Crippen molar-refractivity contribution in [3.05, 3.63) is 56.8 Å². The maximum atomic E-state index is 12.5. The van der Waals surface area contributed by atoms with Crippen LogP contribution in [-0.4, -0.2) is 15.5 Å². The molecule has 0 bridgehead atoms. The van der Waals surface area contributed by atoms with Crippen LogP contribution in [-0.2, 0) is 24.2 Å². The Bertz CT molecular complexity index is 837. The molecule has 0 unspecified atom stereocenters. The van der Waals surface area contributed by atoms with E-state index in [0.29, 0.717) is 5.82 Å². The Morgan fingerprint density at radius 3 is 2.83 bits per heavy atom. The lowest BCUT2D eigenvalue weighted by Gasteiger charge is -2.13. The smallest absolute Gasteiger partial charge is 0.257 e. The third-order valence-corrected chi connectivity index (χ3v) is 4.35. The fourth-order valence-corrected chi connectivity index (χ4v) is 3.04. The Hall–Kier alpha value is -2.43. The second kappa shape index (κ2) is 5.99. The van der Waals surface area contributed by atoms with Crippen molar-refractivity contribution < 1.29 is 4.79 Å². The molecule has 0 spiro atoms. The van der Waals surface area contributed by atoms with Crippen molar-refractivity contribution in [1.82, 2.24) is 9.55 Å². The lowest BCUT2D eigenvalue weighted by molar-refractivity contribution is -0.116.